The van der Waals surface area contributed by atoms with Crippen molar-refractivity contribution in [3.05, 3.63) is 30.0 Å². The molecule has 0 amide bonds. The summed E-state index contributed by atoms with van der Waals surface area (Å²) in [6, 6.07) is 6.56. The molecule has 1 aromatic heterocycles. The van der Waals surface area contributed by atoms with Crippen LogP contribution in [0.1, 0.15) is 12.5 Å². The molecule has 1 aromatic carbocycles. The third-order valence-corrected chi connectivity index (χ3v) is 3.42. The molecule has 0 spiro atoms. The first-order chi connectivity index (χ1) is 7.35. The summed E-state index contributed by atoms with van der Waals surface area (Å²) in [7, 11) is 1.59. The van der Waals surface area contributed by atoms with Gasteiger partial charge in [0.05, 0.1) is 11.7 Å². The van der Waals surface area contributed by atoms with Crippen LogP contribution in [0.2, 0.25) is 0 Å². The van der Waals surface area contributed by atoms with Crippen LogP contribution in [0.5, 0.6) is 0 Å². The second-order valence-corrected chi connectivity index (χ2v) is 4.88. The highest BCUT2D eigenvalue weighted by Gasteiger charge is 2.01. The van der Waals surface area contributed by atoms with Crippen molar-refractivity contribution in [3.63, 3.8) is 0 Å². The maximum atomic E-state index is 4.33. The molecular weight excluding hydrogens is 224 g/mol. The second kappa shape index (κ2) is 4.94. The van der Waals surface area contributed by atoms with Gasteiger partial charge < -0.3 is 0 Å². The molecule has 0 saturated heterocycles. The van der Waals surface area contributed by atoms with E-state index in [1.165, 1.54) is 16.5 Å². The highest BCUT2D eigenvalue weighted by molar-refractivity contribution is 8.68. The van der Waals surface area contributed by atoms with Crippen LogP contribution in [0, 0.1) is 0 Å². The van der Waals surface area contributed by atoms with Crippen molar-refractivity contribution in [2.45, 2.75) is 19.9 Å². The topological polar surface area (TPSA) is 17.8 Å². The number of thiol groups is 1. The lowest BCUT2D eigenvalue weighted by molar-refractivity contribution is 0.684. The molecule has 4 heteroatoms. The van der Waals surface area contributed by atoms with Crippen molar-refractivity contribution in [1.29, 1.82) is 0 Å². The van der Waals surface area contributed by atoms with Crippen LogP contribution in [-0.2, 0) is 13.0 Å². The average molecular weight is 238 g/mol. The minimum Gasteiger partial charge on any atom is -0.265 e. The number of hydrogen-bond acceptors (Lipinski definition) is 3. The van der Waals surface area contributed by atoms with Crippen molar-refractivity contribution in [1.82, 2.24) is 9.78 Å². The smallest absolute Gasteiger partial charge is 0.0682 e. The summed E-state index contributed by atoms with van der Waals surface area (Å²) in [6.07, 6.45) is 3.01. The van der Waals surface area contributed by atoms with E-state index in [0.29, 0.717) is 0 Å². The van der Waals surface area contributed by atoms with Crippen molar-refractivity contribution >= 4 is 33.4 Å². The lowest BCUT2D eigenvalue weighted by Gasteiger charge is -2.01. The SMILES string of the molecule is CCn1ncc2cc(CCSS)ccc21. The lowest BCUT2D eigenvalue weighted by atomic mass is 10.1. The molecule has 1 heterocycles. The van der Waals surface area contributed by atoms with E-state index in [2.05, 4.69) is 41.9 Å². The summed E-state index contributed by atoms with van der Waals surface area (Å²) in [5.74, 6) is 1.05. The molecule has 0 N–H and O–H groups in total. The van der Waals surface area contributed by atoms with Crippen LogP contribution in [0.4, 0.5) is 0 Å². The summed E-state index contributed by atoms with van der Waals surface area (Å²) in [4.78, 5) is 0. The fourth-order valence-electron chi connectivity index (χ4n) is 1.71. The molecule has 0 saturated carbocycles. The van der Waals surface area contributed by atoms with E-state index < -0.39 is 0 Å². The Morgan fingerprint density at radius 3 is 3.07 bits per heavy atom. The summed E-state index contributed by atoms with van der Waals surface area (Å²) in [5.41, 5.74) is 2.58. The van der Waals surface area contributed by atoms with Gasteiger partial charge in [0.1, 0.15) is 0 Å². The van der Waals surface area contributed by atoms with Gasteiger partial charge in [-0.15, -0.1) is 11.7 Å². The van der Waals surface area contributed by atoms with Crippen LogP contribution in [-0.4, -0.2) is 15.5 Å². The zero-order chi connectivity index (χ0) is 10.7. The number of benzene rings is 1. The van der Waals surface area contributed by atoms with Gasteiger partial charge in [0.2, 0.25) is 0 Å². The van der Waals surface area contributed by atoms with Crippen molar-refractivity contribution in [3.8, 4) is 0 Å². The molecule has 0 fully saturated rings. The van der Waals surface area contributed by atoms with Crippen LogP contribution < -0.4 is 0 Å². The van der Waals surface area contributed by atoms with Gasteiger partial charge in [0.15, 0.2) is 0 Å². The Hall–Kier alpha value is -0.610. The molecule has 2 aromatic rings. The normalized spacial score (nSPS) is 11.1. The molecule has 0 unspecified atom stereocenters. The number of aromatic nitrogens is 2. The summed E-state index contributed by atoms with van der Waals surface area (Å²) in [6.45, 7) is 3.03. The Kier molecular flexibility index (Phi) is 3.59. The highest BCUT2D eigenvalue weighted by Crippen LogP contribution is 2.17. The van der Waals surface area contributed by atoms with Crippen molar-refractivity contribution in [2.75, 3.05) is 5.75 Å². The number of fused-ring (bicyclic) bond motifs is 1. The van der Waals surface area contributed by atoms with Gasteiger partial charge in [-0.2, -0.15) is 5.10 Å². The van der Waals surface area contributed by atoms with E-state index in [1.807, 2.05) is 10.9 Å². The van der Waals surface area contributed by atoms with Crippen LogP contribution >= 0.6 is 22.5 Å². The van der Waals surface area contributed by atoms with E-state index in [-0.39, 0.29) is 0 Å². The third kappa shape index (κ3) is 2.32. The van der Waals surface area contributed by atoms with Gasteiger partial charge in [-0.05, 0) is 31.0 Å². The second-order valence-electron chi connectivity index (χ2n) is 3.44. The molecule has 2 nitrogen and oxygen atoms in total. The van der Waals surface area contributed by atoms with Crippen molar-refractivity contribution < 1.29 is 0 Å². The fraction of sp³-hybridized carbons (Fsp3) is 0.364. The van der Waals surface area contributed by atoms with Crippen LogP contribution in [0.25, 0.3) is 10.9 Å². The van der Waals surface area contributed by atoms with Gasteiger partial charge in [-0.1, -0.05) is 16.9 Å². The molecule has 0 bridgehead atoms. The maximum Gasteiger partial charge on any atom is 0.0682 e. The lowest BCUT2D eigenvalue weighted by Crippen LogP contribution is -1.95. The first-order valence-electron chi connectivity index (χ1n) is 5.06. The summed E-state index contributed by atoms with van der Waals surface area (Å²) in [5, 5.41) is 5.57. The van der Waals surface area contributed by atoms with Gasteiger partial charge >= 0.3 is 0 Å². The Labute approximate surface area is 98.9 Å². The molecule has 80 valence electrons. The molecular formula is C11H14N2S2. The van der Waals surface area contributed by atoms with Crippen molar-refractivity contribution in [2.24, 2.45) is 0 Å². The molecule has 0 aliphatic carbocycles. The molecule has 0 aliphatic heterocycles. The first kappa shape index (κ1) is 10.9. The molecule has 0 aliphatic rings. The number of nitrogens with zero attached hydrogens (tertiary/aromatic N) is 2. The minimum atomic E-state index is 0.926. The zero-order valence-electron chi connectivity index (χ0n) is 8.68. The largest absolute Gasteiger partial charge is 0.265 e. The standard InChI is InChI=1S/C11H14N2S2/c1-2-13-11-4-3-9(5-6-15-14)7-10(11)8-12-13/h3-4,7-8,14H,2,5-6H2,1H3. The third-order valence-electron chi connectivity index (χ3n) is 2.49. The van der Waals surface area contributed by atoms with Crippen LogP contribution in [0.3, 0.4) is 0 Å². The van der Waals surface area contributed by atoms with E-state index in [4.69, 9.17) is 0 Å². The highest BCUT2D eigenvalue weighted by atomic mass is 33.1. The summed E-state index contributed by atoms with van der Waals surface area (Å²) < 4.78 is 2.02. The quantitative estimate of drug-likeness (QED) is 0.651. The minimum absolute atomic E-state index is 0.926. The maximum absolute atomic E-state index is 4.33. The Balaban J connectivity index is 2.31. The predicted molar refractivity (Wildman–Crippen MR) is 70.6 cm³/mol. The zero-order valence-corrected chi connectivity index (χ0v) is 10.4. The Morgan fingerprint density at radius 1 is 1.47 bits per heavy atom. The van der Waals surface area contributed by atoms with E-state index in [9.17, 15) is 0 Å². The predicted octanol–water partition coefficient (Wildman–Crippen LogP) is 3.18. The number of rotatable bonds is 4. The molecule has 15 heavy (non-hydrogen) atoms. The fourth-order valence-corrected chi connectivity index (χ4v) is 2.31. The van der Waals surface area contributed by atoms with Gasteiger partial charge in [-0.25, -0.2) is 0 Å². The van der Waals surface area contributed by atoms with E-state index in [1.54, 1.807) is 10.8 Å². The number of hydrogen-bond donors (Lipinski definition) is 1. The monoisotopic (exact) mass is 238 g/mol. The van der Waals surface area contributed by atoms with Gasteiger partial charge in [0, 0.05) is 17.7 Å². The summed E-state index contributed by atoms with van der Waals surface area (Å²) >= 11 is 4.14. The van der Waals surface area contributed by atoms with Gasteiger partial charge in [-0.3, -0.25) is 4.68 Å². The Morgan fingerprint density at radius 2 is 2.33 bits per heavy atom. The first-order valence-corrected chi connectivity index (χ1v) is 7.09. The molecule has 0 radical (unpaired) electrons. The number of aryl methyl sites for hydroxylation is 2. The van der Waals surface area contributed by atoms with E-state index in [0.717, 1.165) is 18.7 Å². The van der Waals surface area contributed by atoms with E-state index >= 15 is 0 Å². The Bertz CT molecular complexity index is 451. The molecule has 0 atom stereocenters. The van der Waals surface area contributed by atoms with Gasteiger partial charge in [0.25, 0.3) is 0 Å². The average Bonchev–Trinajstić information content (AvgIpc) is 2.68. The molecule has 2 rings (SSSR count). The van der Waals surface area contributed by atoms with Crippen LogP contribution in [0.15, 0.2) is 24.4 Å².